The Balaban J connectivity index is 2.03. The van der Waals surface area contributed by atoms with Crippen molar-refractivity contribution in [3.05, 3.63) is 103 Å². The van der Waals surface area contributed by atoms with Gasteiger partial charge in [0.1, 0.15) is 17.2 Å². The Labute approximate surface area is 256 Å². The average Bonchev–Trinajstić information content (AvgIpc) is 3.04. The lowest BCUT2D eigenvalue weighted by Gasteiger charge is -2.16. The van der Waals surface area contributed by atoms with Crippen LogP contribution in [0.2, 0.25) is 0 Å². The topological polar surface area (TPSA) is 140 Å². The Morgan fingerprint density at radius 1 is 0.614 bits per heavy atom. The number of aliphatic hydroxyl groups is 3. The third-order valence-electron chi connectivity index (χ3n) is 6.65. The van der Waals surface area contributed by atoms with Crippen molar-refractivity contribution in [2.75, 3.05) is 19.8 Å². The number of carbonyl (C=O) groups is 3. The Kier molecular flexibility index (Phi) is 12.3. The number of hydrogen-bond donors (Lipinski definition) is 3. The Morgan fingerprint density at radius 3 is 1.68 bits per heavy atom. The van der Waals surface area contributed by atoms with Crippen molar-refractivity contribution in [1.29, 1.82) is 0 Å². The summed E-state index contributed by atoms with van der Waals surface area (Å²) in [4.78, 5) is 36.7. The summed E-state index contributed by atoms with van der Waals surface area (Å²) in [5.41, 5.74) is 3.79. The number of benzene rings is 3. The molecule has 0 aliphatic carbocycles. The zero-order valence-corrected chi connectivity index (χ0v) is 24.6. The first-order valence-electron chi connectivity index (χ1n) is 14.0. The van der Waals surface area contributed by atoms with Gasteiger partial charge in [0.2, 0.25) is 0 Å². The van der Waals surface area contributed by atoms with E-state index in [-0.39, 0.29) is 28.2 Å². The molecular formula is C35H36O9. The summed E-state index contributed by atoms with van der Waals surface area (Å²) in [6.07, 6.45) is 3.76. The molecule has 0 unspecified atom stereocenters. The van der Waals surface area contributed by atoms with Crippen LogP contribution >= 0.6 is 0 Å². The number of carbonyl (C=O) groups excluding carboxylic acids is 3. The van der Waals surface area contributed by atoms with E-state index in [1.54, 1.807) is 18.2 Å². The molecule has 0 aliphatic heterocycles. The van der Waals surface area contributed by atoms with Gasteiger partial charge in [-0.25, -0.2) is 14.4 Å². The van der Waals surface area contributed by atoms with Crippen LogP contribution in [0.5, 0.6) is 17.2 Å². The van der Waals surface area contributed by atoms with Crippen LogP contribution in [0.4, 0.5) is 0 Å². The van der Waals surface area contributed by atoms with Gasteiger partial charge in [-0.1, -0.05) is 69.8 Å². The summed E-state index contributed by atoms with van der Waals surface area (Å²) in [5, 5.41) is 27.7. The number of aryl methyl sites for hydroxylation is 1. The molecule has 230 valence electrons. The van der Waals surface area contributed by atoms with Gasteiger partial charge >= 0.3 is 17.9 Å². The standard InChI is InChI=1S/C35H36O9/c1-5-6-7-8-26-17-27(11-15-30(26)25-9-12-28(13-10-25)42-33(39)22(2)19-36)31-16-14-29(43-34(40)23(3)20-37)18-32(31)44-35(41)24(4)21-38/h9-18,36-38H,2-8,19-21H2,1H3. The predicted octanol–water partition coefficient (Wildman–Crippen LogP) is 5.12. The minimum Gasteiger partial charge on any atom is -0.423 e. The average molecular weight is 601 g/mol. The van der Waals surface area contributed by atoms with Crippen LogP contribution in [0.1, 0.15) is 31.7 Å². The van der Waals surface area contributed by atoms with Gasteiger partial charge in [-0.15, -0.1) is 0 Å². The molecule has 0 aromatic heterocycles. The maximum Gasteiger partial charge on any atom is 0.341 e. The minimum absolute atomic E-state index is 0.0459. The van der Waals surface area contributed by atoms with E-state index in [1.807, 2.05) is 30.3 Å². The lowest BCUT2D eigenvalue weighted by Crippen LogP contribution is -2.15. The maximum absolute atomic E-state index is 12.6. The molecule has 3 N–H and O–H groups in total. The van der Waals surface area contributed by atoms with Crippen LogP contribution in [0, 0.1) is 0 Å². The van der Waals surface area contributed by atoms with E-state index in [4.69, 9.17) is 19.3 Å². The molecule has 0 spiro atoms. The summed E-state index contributed by atoms with van der Waals surface area (Å²) in [5.74, 6) is -1.93. The zero-order chi connectivity index (χ0) is 32.2. The third kappa shape index (κ3) is 8.84. The number of esters is 3. The fraction of sp³-hybridized carbons (Fsp3) is 0.229. The summed E-state index contributed by atoms with van der Waals surface area (Å²) in [6, 6.07) is 17.4. The Hall–Kier alpha value is -4.83. The Bertz CT molecular complexity index is 1550. The van der Waals surface area contributed by atoms with Gasteiger partial charge in [0.05, 0.1) is 36.5 Å². The van der Waals surface area contributed by atoms with Crippen molar-refractivity contribution in [3.63, 3.8) is 0 Å². The molecule has 9 nitrogen and oxygen atoms in total. The van der Waals surface area contributed by atoms with E-state index in [0.717, 1.165) is 47.9 Å². The number of unbranched alkanes of at least 4 members (excludes halogenated alkanes) is 2. The van der Waals surface area contributed by atoms with Crippen LogP contribution in [0.15, 0.2) is 97.1 Å². The fourth-order valence-electron chi connectivity index (χ4n) is 4.13. The molecule has 0 aliphatic rings. The number of ether oxygens (including phenoxy) is 3. The van der Waals surface area contributed by atoms with E-state index < -0.39 is 37.7 Å². The van der Waals surface area contributed by atoms with Crippen molar-refractivity contribution >= 4 is 17.9 Å². The maximum atomic E-state index is 12.6. The highest BCUT2D eigenvalue weighted by Crippen LogP contribution is 2.37. The molecule has 0 atom stereocenters. The second-order valence-corrected chi connectivity index (χ2v) is 9.96. The van der Waals surface area contributed by atoms with Crippen LogP contribution in [0.25, 0.3) is 22.3 Å². The van der Waals surface area contributed by atoms with E-state index in [2.05, 4.69) is 26.7 Å². The van der Waals surface area contributed by atoms with Crippen LogP contribution < -0.4 is 14.2 Å². The molecule has 9 heteroatoms. The minimum atomic E-state index is -0.847. The van der Waals surface area contributed by atoms with Gasteiger partial charge in [-0.05, 0) is 59.4 Å². The van der Waals surface area contributed by atoms with Crippen molar-refractivity contribution in [3.8, 4) is 39.5 Å². The molecule has 3 rings (SSSR count). The van der Waals surface area contributed by atoms with Crippen LogP contribution in [0.3, 0.4) is 0 Å². The van der Waals surface area contributed by atoms with Gasteiger partial charge in [-0.3, -0.25) is 0 Å². The van der Waals surface area contributed by atoms with Crippen molar-refractivity contribution in [2.45, 2.75) is 32.6 Å². The van der Waals surface area contributed by atoms with Crippen LogP contribution in [-0.4, -0.2) is 53.0 Å². The predicted molar refractivity (Wildman–Crippen MR) is 166 cm³/mol. The molecule has 0 bridgehead atoms. The number of rotatable bonds is 15. The first-order chi connectivity index (χ1) is 21.1. The fourth-order valence-corrected chi connectivity index (χ4v) is 4.13. The van der Waals surface area contributed by atoms with Gasteiger partial charge in [0, 0.05) is 11.6 Å². The monoisotopic (exact) mass is 600 g/mol. The third-order valence-corrected chi connectivity index (χ3v) is 6.65. The van der Waals surface area contributed by atoms with Gasteiger partial charge in [-0.2, -0.15) is 0 Å². The van der Waals surface area contributed by atoms with E-state index in [1.165, 1.54) is 12.1 Å². The highest BCUT2D eigenvalue weighted by atomic mass is 16.5. The van der Waals surface area contributed by atoms with Gasteiger partial charge in [0.15, 0.2) is 0 Å². The molecule has 0 fully saturated rings. The molecule has 0 saturated carbocycles. The first kappa shape index (κ1) is 33.7. The highest BCUT2D eigenvalue weighted by molar-refractivity contribution is 5.92. The lowest BCUT2D eigenvalue weighted by atomic mass is 9.92. The van der Waals surface area contributed by atoms with E-state index >= 15 is 0 Å². The van der Waals surface area contributed by atoms with Crippen molar-refractivity contribution in [1.82, 2.24) is 0 Å². The smallest absolute Gasteiger partial charge is 0.341 e. The normalized spacial score (nSPS) is 10.5. The molecule has 44 heavy (non-hydrogen) atoms. The summed E-state index contributed by atoms with van der Waals surface area (Å²) in [7, 11) is 0. The molecule has 3 aromatic carbocycles. The summed E-state index contributed by atoms with van der Waals surface area (Å²) < 4.78 is 16.1. The van der Waals surface area contributed by atoms with E-state index in [0.29, 0.717) is 11.3 Å². The largest absolute Gasteiger partial charge is 0.423 e. The quantitative estimate of drug-likeness (QED) is 0.0939. The molecule has 0 heterocycles. The molecule has 0 saturated heterocycles. The second-order valence-electron chi connectivity index (χ2n) is 9.96. The van der Waals surface area contributed by atoms with Crippen LogP contribution in [-0.2, 0) is 20.8 Å². The number of aliphatic hydroxyl groups excluding tert-OH is 3. The highest BCUT2D eigenvalue weighted by Gasteiger charge is 2.18. The first-order valence-corrected chi connectivity index (χ1v) is 14.0. The molecule has 3 aromatic rings. The lowest BCUT2D eigenvalue weighted by molar-refractivity contribution is -0.131. The summed E-state index contributed by atoms with van der Waals surface area (Å²) >= 11 is 0. The second kappa shape index (κ2) is 16.1. The van der Waals surface area contributed by atoms with Gasteiger partial charge in [0.25, 0.3) is 0 Å². The zero-order valence-electron chi connectivity index (χ0n) is 24.6. The summed E-state index contributed by atoms with van der Waals surface area (Å²) in [6.45, 7) is 10.9. The van der Waals surface area contributed by atoms with Crippen molar-refractivity contribution in [2.24, 2.45) is 0 Å². The van der Waals surface area contributed by atoms with Crippen molar-refractivity contribution < 1.29 is 43.9 Å². The Morgan fingerprint density at radius 2 is 1.11 bits per heavy atom. The molecular weight excluding hydrogens is 564 g/mol. The molecule has 0 radical (unpaired) electrons. The number of hydrogen-bond acceptors (Lipinski definition) is 9. The van der Waals surface area contributed by atoms with E-state index in [9.17, 15) is 24.6 Å². The SMILES string of the molecule is C=C(CO)C(=O)Oc1ccc(-c2ccc(-c3ccc(OC(=O)C(=C)CO)cc3OC(=O)C(=C)CO)cc2CCCCC)cc1. The van der Waals surface area contributed by atoms with Gasteiger partial charge < -0.3 is 29.5 Å². The molecule has 0 amide bonds.